The molecule has 0 saturated heterocycles. The lowest BCUT2D eigenvalue weighted by Crippen LogP contribution is -2.36. The molecule has 1 rings (SSSR count). The lowest BCUT2D eigenvalue weighted by molar-refractivity contribution is -0.140. The maximum absolute atomic E-state index is 12.7. The minimum absolute atomic E-state index is 0.0524. The van der Waals surface area contributed by atoms with Crippen LogP contribution >= 0.6 is 0 Å². The molecule has 0 saturated carbocycles. The van der Waals surface area contributed by atoms with E-state index in [1.54, 1.807) is 7.05 Å². The van der Waals surface area contributed by atoms with Crippen LogP contribution in [-0.4, -0.2) is 32.0 Å². The van der Waals surface area contributed by atoms with Crippen LogP contribution in [0.4, 0.5) is 4.39 Å². The van der Waals surface area contributed by atoms with Gasteiger partial charge >= 0.3 is 5.97 Å². The van der Waals surface area contributed by atoms with E-state index >= 15 is 0 Å². The standard InChI is InChI=1S/C12H14FNO3/c1-14-10(7-11(15)17-2)12(16)8-3-5-9(13)6-4-8/h3-6,10,14H,7H2,1-2H3. The van der Waals surface area contributed by atoms with Gasteiger partial charge in [-0.25, -0.2) is 4.39 Å². The van der Waals surface area contributed by atoms with Gasteiger partial charge in [-0.3, -0.25) is 9.59 Å². The maximum atomic E-state index is 12.7. The van der Waals surface area contributed by atoms with Crippen molar-refractivity contribution in [2.24, 2.45) is 0 Å². The molecule has 1 unspecified atom stereocenters. The zero-order valence-electron chi connectivity index (χ0n) is 9.70. The number of nitrogens with one attached hydrogen (secondary N) is 1. The van der Waals surface area contributed by atoms with Crippen LogP contribution in [0.3, 0.4) is 0 Å². The molecule has 1 atom stereocenters. The van der Waals surface area contributed by atoms with Crippen molar-refractivity contribution >= 4 is 11.8 Å². The topological polar surface area (TPSA) is 55.4 Å². The number of ketones is 1. The van der Waals surface area contributed by atoms with Crippen molar-refractivity contribution in [3.8, 4) is 0 Å². The van der Waals surface area contributed by atoms with Gasteiger partial charge in [0.1, 0.15) is 5.82 Å². The number of esters is 1. The molecule has 0 aliphatic heterocycles. The van der Waals surface area contributed by atoms with E-state index in [2.05, 4.69) is 10.1 Å². The second-order valence-corrected chi connectivity index (χ2v) is 3.49. The third-order valence-corrected chi connectivity index (χ3v) is 2.39. The molecule has 0 bridgehead atoms. The first kappa shape index (κ1) is 13.3. The highest BCUT2D eigenvalue weighted by Gasteiger charge is 2.21. The number of hydrogen-bond acceptors (Lipinski definition) is 4. The Morgan fingerprint density at radius 1 is 1.35 bits per heavy atom. The number of benzene rings is 1. The second-order valence-electron chi connectivity index (χ2n) is 3.49. The summed E-state index contributed by atoms with van der Waals surface area (Å²) in [7, 11) is 2.84. The molecule has 1 aromatic rings. The zero-order chi connectivity index (χ0) is 12.8. The van der Waals surface area contributed by atoms with Crippen molar-refractivity contribution < 1.29 is 18.7 Å². The molecule has 0 aliphatic rings. The highest BCUT2D eigenvalue weighted by molar-refractivity contribution is 6.01. The van der Waals surface area contributed by atoms with Gasteiger partial charge in [0, 0.05) is 5.56 Å². The average molecular weight is 239 g/mol. The van der Waals surface area contributed by atoms with Crippen molar-refractivity contribution in [1.82, 2.24) is 5.32 Å². The number of rotatable bonds is 5. The van der Waals surface area contributed by atoms with Crippen molar-refractivity contribution in [3.63, 3.8) is 0 Å². The van der Waals surface area contributed by atoms with E-state index in [9.17, 15) is 14.0 Å². The molecular weight excluding hydrogens is 225 g/mol. The van der Waals surface area contributed by atoms with Gasteiger partial charge in [0.05, 0.1) is 19.6 Å². The summed E-state index contributed by atoms with van der Waals surface area (Å²) in [6.45, 7) is 0. The minimum Gasteiger partial charge on any atom is -0.469 e. The number of carbonyl (C=O) groups is 2. The van der Waals surface area contributed by atoms with Gasteiger partial charge in [-0.1, -0.05) is 0 Å². The fourth-order valence-electron chi connectivity index (χ4n) is 1.39. The number of hydrogen-bond donors (Lipinski definition) is 1. The Kier molecular flexibility index (Phi) is 4.78. The quantitative estimate of drug-likeness (QED) is 0.619. The van der Waals surface area contributed by atoms with Gasteiger partial charge in [0.15, 0.2) is 5.78 Å². The summed E-state index contributed by atoms with van der Waals surface area (Å²) in [4.78, 5) is 23.0. The highest BCUT2D eigenvalue weighted by atomic mass is 19.1. The van der Waals surface area contributed by atoms with Crippen LogP contribution in [0.1, 0.15) is 16.8 Å². The minimum atomic E-state index is -0.659. The predicted octanol–water partition coefficient (Wildman–Crippen LogP) is 1.16. The van der Waals surface area contributed by atoms with Crippen molar-refractivity contribution in [3.05, 3.63) is 35.6 Å². The summed E-state index contributed by atoms with van der Waals surface area (Å²) < 4.78 is 17.2. The Morgan fingerprint density at radius 2 is 1.94 bits per heavy atom. The summed E-state index contributed by atoms with van der Waals surface area (Å²) in [6, 6.07) is 4.53. The van der Waals surface area contributed by atoms with Gasteiger partial charge < -0.3 is 10.1 Å². The van der Waals surface area contributed by atoms with Gasteiger partial charge in [0.2, 0.25) is 0 Å². The SMILES string of the molecule is CNC(CC(=O)OC)C(=O)c1ccc(F)cc1. The van der Waals surface area contributed by atoms with E-state index in [0.29, 0.717) is 5.56 Å². The van der Waals surface area contributed by atoms with Crippen LogP contribution in [0.5, 0.6) is 0 Å². The first-order chi connectivity index (χ1) is 8.08. The average Bonchev–Trinajstić information content (AvgIpc) is 2.35. The lowest BCUT2D eigenvalue weighted by atomic mass is 10.0. The van der Waals surface area contributed by atoms with Gasteiger partial charge in [-0.05, 0) is 31.3 Å². The summed E-state index contributed by atoms with van der Waals surface area (Å²) in [5, 5.41) is 2.74. The van der Waals surface area contributed by atoms with Crippen LogP contribution in [-0.2, 0) is 9.53 Å². The molecule has 0 heterocycles. The van der Waals surface area contributed by atoms with E-state index in [1.807, 2.05) is 0 Å². The predicted molar refractivity (Wildman–Crippen MR) is 60.2 cm³/mol. The lowest BCUT2D eigenvalue weighted by Gasteiger charge is -2.13. The highest BCUT2D eigenvalue weighted by Crippen LogP contribution is 2.08. The molecule has 4 nitrogen and oxygen atoms in total. The fourth-order valence-corrected chi connectivity index (χ4v) is 1.39. The third kappa shape index (κ3) is 3.64. The summed E-state index contributed by atoms with van der Waals surface area (Å²) in [5.74, 6) is -1.15. The molecule has 0 spiro atoms. The second kappa shape index (κ2) is 6.10. The molecule has 0 fully saturated rings. The van der Waals surface area contributed by atoms with Crippen LogP contribution in [0.2, 0.25) is 0 Å². The number of halogens is 1. The Balaban J connectivity index is 2.78. The monoisotopic (exact) mass is 239 g/mol. The Hall–Kier alpha value is -1.75. The van der Waals surface area contributed by atoms with Gasteiger partial charge in [-0.15, -0.1) is 0 Å². The smallest absolute Gasteiger partial charge is 0.307 e. The fraction of sp³-hybridized carbons (Fsp3) is 0.333. The number of carbonyl (C=O) groups excluding carboxylic acids is 2. The summed E-state index contributed by atoms with van der Waals surface area (Å²) in [6.07, 6.45) is -0.0524. The summed E-state index contributed by atoms with van der Waals surface area (Å²) in [5.41, 5.74) is 0.356. The molecule has 0 radical (unpaired) electrons. The number of ether oxygens (including phenoxy) is 1. The Bertz CT molecular complexity index is 403. The van der Waals surface area contributed by atoms with E-state index in [1.165, 1.54) is 31.4 Å². The van der Waals surface area contributed by atoms with Crippen molar-refractivity contribution in [2.45, 2.75) is 12.5 Å². The molecular formula is C12H14FNO3. The number of methoxy groups -OCH3 is 1. The number of Topliss-reactive ketones (excluding diaryl/α,β-unsaturated/α-hetero) is 1. The van der Waals surface area contributed by atoms with E-state index in [-0.39, 0.29) is 12.2 Å². The molecule has 5 heteroatoms. The van der Waals surface area contributed by atoms with Gasteiger partial charge in [0.25, 0.3) is 0 Å². The van der Waals surface area contributed by atoms with Crippen LogP contribution < -0.4 is 5.32 Å². The summed E-state index contributed by atoms with van der Waals surface area (Å²) >= 11 is 0. The Morgan fingerprint density at radius 3 is 2.41 bits per heavy atom. The third-order valence-electron chi connectivity index (χ3n) is 2.39. The zero-order valence-corrected chi connectivity index (χ0v) is 9.70. The molecule has 17 heavy (non-hydrogen) atoms. The van der Waals surface area contributed by atoms with E-state index in [0.717, 1.165) is 0 Å². The molecule has 0 aliphatic carbocycles. The van der Waals surface area contributed by atoms with Gasteiger partial charge in [-0.2, -0.15) is 0 Å². The van der Waals surface area contributed by atoms with Crippen molar-refractivity contribution in [1.29, 1.82) is 0 Å². The number of likely N-dealkylation sites (N-methyl/N-ethyl adjacent to an activating group) is 1. The van der Waals surface area contributed by atoms with Crippen LogP contribution in [0.25, 0.3) is 0 Å². The van der Waals surface area contributed by atoms with E-state index < -0.39 is 17.8 Å². The Labute approximate surface area is 98.8 Å². The largest absolute Gasteiger partial charge is 0.469 e. The van der Waals surface area contributed by atoms with E-state index in [4.69, 9.17) is 0 Å². The van der Waals surface area contributed by atoms with Crippen LogP contribution in [0, 0.1) is 5.82 Å². The molecule has 1 aromatic carbocycles. The first-order valence-corrected chi connectivity index (χ1v) is 5.12. The molecule has 92 valence electrons. The maximum Gasteiger partial charge on any atom is 0.307 e. The van der Waals surface area contributed by atoms with Crippen molar-refractivity contribution in [2.75, 3.05) is 14.2 Å². The molecule has 1 N–H and O–H groups in total. The molecule has 0 aromatic heterocycles. The molecule has 0 amide bonds. The first-order valence-electron chi connectivity index (χ1n) is 5.12. The normalized spacial score (nSPS) is 11.9. The van der Waals surface area contributed by atoms with Crippen LogP contribution in [0.15, 0.2) is 24.3 Å².